The van der Waals surface area contributed by atoms with Gasteiger partial charge in [0, 0.05) is 12.7 Å². The lowest BCUT2D eigenvalue weighted by atomic mass is 10.0. The van der Waals surface area contributed by atoms with Crippen LogP contribution in [0, 0.1) is 11.6 Å². The summed E-state index contributed by atoms with van der Waals surface area (Å²) in [6, 6.07) is 0.429. The molecule has 0 amide bonds. The fraction of sp³-hybridized carbons (Fsp3) is 0.300. The third-order valence-electron chi connectivity index (χ3n) is 2.08. The number of halogens is 2. The van der Waals surface area contributed by atoms with E-state index in [1.54, 1.807) is 0 Å². The summed E-state index contributed by atoms with van der Waals surface area (Å²) >= 11 is 0. The van der Waals surface area contributed by atoms with Crippen LogP contribution in [0.15, 0.2) is 12.1 Å². The fourth-order valence-corrected chi connectivity index (χ4v) is 1.29. The predicted molar refractivity (Wildman–Crippen MR) is 51.6 cm³/mol. The summed E-state index contributed by atoms with van der Waals surface area (Å²) in [5.41, 5.74) is 4.60. The van der Waals surface area contributed by atoms with Gasteiger partial charge in [0.2, 0.25) is 0 Å². The second-order valence-corrected chi connectivity index (χ2v) is 3.18. The van der Waals surface area contributed by atoms with Crippen molar-refractivity contribution in [3.05, 3.63) is 34.9 Å². The van der Waals surface area contributed by atoms with E-state index >= 15 is 0 Å². The van der Waals surface area contributed by atoms with E-state index in [1.165, 1.54) is 13.2 Å². The van der Waals surface area contributed by atoms with Gasteiger partial charge in [-0.1, -0.05) is 6.07 Å². The van der Waals surface area contributed by atoms with Gasteiger partial charge in [-0.05, 0) is 6.07 Å². The minimum Gasteiger partial charge on any atom is -0.480 e. The van der Waals surface area contributed by atoms with Gasteiger partial charge in [-0.25, -0.2) is 8.78 Å². The molecule has 1 atom stereocenters. The van der Waals surface area contributed by atoms with Crippen molar-refractivity contribution in [2.45, 2.75) is 12.6 Å². The zero-order chi connectivity index (χ0) is 12.3. The van der Waals surface area contributed by atoms with Crippen LogP contribution in [0.3, 0.4) is 0 Å². The maximum Gasteiger partial charge on any atom is 0.325 e. The van der Waals surface area contributed by atoms with Gasteiger partial charge in [-0.2, -0.15) is 0 Å². The SMILES string of the molecule is COCc1ccc(F)c(C(N)C(=O)O)c1F. The van der Waals surface area contributed by atoms with Gasteiger partial charge in [0.25, 0.3) is 0 Å². The van der Waals surface area contributed by atoms with E-state index in [1.807, 2.05) is 0 Å². The van der Waals surface area contributed by atoms with Crippen molar-refractivity contribution in [2.75, 3.05) is 7.11 Å². The van der Waals surface area contributed by atoms with E-state index in [2.05, 4.69) is 0 Å². The number of carboxylic acid groups (broad SMARTS) is 1. The average molecular weight is 231 g/mol. The normalized spacial score (nSPS) is 12.5. The highest BCUT2D eigenvalue weighted by molar-refractivity contribution is 5.75. The Hall–Kier alpha value is -1.53. The Kier molecular flexibility index (Phi) is 3.92. The molecule has 0 aliphatic heterocycles. The maximum atomic E-state index is 13.7. The number of aliphatic carboxylic acids is 1. The molecule has 0 bridgehead atoms. The van der Waals surface area contributed by atoms with Crippen LogP contribution in [0.25, 0.3) is 0 Å². The molecule has 1 rings (SSSR count). The number of nitrogens with two attached hydrogens (primary N) is 1. The Morgan fingerprint density at radius 1 is 1.56 bits per heavy atom. The highest BCUT2D eigenvalue weighted by atomic mass is 19.1. The number of benzene rings is 1. The van der Waals surface area contributed by atoms with Crippen LogP contribution in [0.2, 0.25) is 0 Å². The summed E-state index contributed by atoms with van der Waals surface area (Å²) in [4.78, 5) is 10.6. The van der Waals surface area contributed by atoms with Gasteiger partial charge in [-0.15, -0.1) is 0 Å². The molecule has 1 aromatic rings. The van der Waals surface area contributed by atoms with E-state index < -0.39 is 29.2 Å². The molecule has 0 saturated heterocycles. The van der Waals surface area contributed by atoms with Crippen LogP contribution < -0.4 is 5.73 Å². The van der Waals surface area contributed by atoms with Crippen molar-refractivity contribution in [1.29, 1.82) is 0 Å². The number of ether oxygens (including phenoxy) is 1. The van der Waals surface area contributed by atoms with Crippen LogP contribution in [0.1, 0.15) is 17.2 Å². The van der Waals surface area contributed by atoms with Gasteiger partial charge in [0.05, 0.1) is 12.2 Å². The molecule has 0 spiro atoms. The lowest BCUT2D eigenvalue weighted by molar-refractivity contribution is -0.138. The summed E-state index contributed by atoms with van der Waals surface area (Å²) in [5.74, 6) is -3.45. The smallest absolute Gasteiger partial charge is 0.325 e. The molecule has 1 unspecified atom stereocenters. The third-order valence-corrected chi connectivity index (χ3v) is 2.08. The maximum absolute atomic E-state index is 13.7. The summed E-state index contributed by atoms with van der Waals surface area (Å²) < 4.78 is 31.6. The molecule has 0 aromatic heterocycles. The molecule has 3 N–H and O–H groups in total. The van der Waals surface area contributed by atoms with Crippen molar-refractivity contribution in [3.8, 4) is 0 Å². The highest BCUT2D eigenvalue weighted by Crippen LogP contribution is 2.22. The molecule has 0 radical (unpaired) electrons. The first kappa shape index (κ1) is 12.5. The number of carbonyl (C=O) groups is 1. The van der Waals surface area contributed by atoms with Crippen LogP contribution in [-0.4, -0.2) is 18.2 Å². The summed E-state index contributed by atoms with van der Waals surface area (Å²) in [7, 11) is 1.35. The molecular weight excluding hydrogens is 220 g/mol. The average Bonchev–Trinajstić information content (AvgIpc) is 2.22. The summed E-state index contributed by atoms with van der Waals surface area (Å²) in [6.45, 7) is -0.0779. The zero-order valence-electron chi connectivity index (χ0n) is 8.54. The molecule has 6 heteroatoms. The lowest BCUT2D eigenvalue weighted by Gasteiger charge is -2.12. The Morgan fingerprint density at radius 3 is 2.69 bits per heavy atom. The molecule has 0 aliphatic carbocycles. The number of methoxy groups -OCH3 is 1. The minimum absolute atomic E-state index is 0.0654. The zero-order valence-corrected chi connectivity index (χ0v) is 8.54. The second-order valence-electron chi connectivity index (χ2n) is 3.18. The van der Waals surface area contributed by atoms with Crippen LogP contribution in [0.4, 0.5) is 8.78 Å². The number of rotatable bonds is 4. The van der Waals surface area contributed by atoms with Crippen molar-refractivity contribution in [3.63, 3.8) is 0 Å². The standard InChI is InChI=1S/C10H11F2NO3/c1-16-4-5-2-3-6(11)7(8(5)12)9(13)10(14)15/h2-3,9H,4,13H2,1H3,(H,14,15). The molecule has 0 fully saturated rings. The molecular formula is C10H11F2NO3. The number of carboxylic acids is 1. The predicted octanol–water partition coefficient (Wildman–Crippen LogP) is 1.20. The Bertz CT molecular complexity index is 409. The van der Waals surface area contributed by atoms with Crippen LogP contribution in [-0.2, 0) is 16.1 Å². The van der Waals surface area contributed by atoms with E-state index in [0.717, 1.165) is 6.07 Å². The largest absolute Gasteiger partial charge is 0.480 e. The first-order chi connectivity index (χ1) is 7.49. The van der Waals surface area contributed by atoms with Gasteiger partial charge < -0.3 is 15.6 Å². The number of hydrogen-bond donors (Lipinski definition) is 2. The Morgan fingerprint density at radius 2 is 2.19 bits per heavy atom. The molecule has 4 nitrogen and oxygen atoms in total. The summed E-state index contributed by atoms with van der Waals surface area (Å²) in [6.07, 6.45) is 0. The van der Waals surface area contributed by atoms with Gasteiger partial charge >= 0.3 is 5.97 Å². The third kappa shape index (κ3) is 2.34. The number of hydrogen-bond acceptors (Lipinski definition) is 3. The second kappa shape index (κ2) is 5.00. The first-order valence-corrected chi connectivity index (χ1v) is 4.43. The van der Waals surface area contributed by atoms with Crippen molar-refractivity contribution >= 4 is 5.97 Å². The molecule has 16 heavy (non-hydrogen) atoms. The topological polar surface area (TPSA) is 72.5 Å². The van der Waals surface area contributed by atoms with E-state index in [0.29, 0.717) is 0 Å². The van der Waals surface area contributed by atoms with Crippen LogP contribution >= 0.6 is 0 Å². The molecule has 0 heterocycles. The van der Waals surface area contributed by atoms with Gasteiger partial charge in [0.1, 0.15) is 17.7 Å². The molecule has 0 aliphatic rings. The summed E-state index contributed by atoms with van der Waals surface area (Å²) in [5, 5.41) is 8.62. The molecule has 1 aromatic carbocycles. The first-order valence-electron chi connectivity index (χ1n) is 4.43. The highest BCUT2D eigenvalue weighted by Gasteiger charge is 2.24. The van der Waals surface area contributed by atoms with Crippen LogP contribution in [0.5, 0.6) is 0 Å². The van der Waals surface area contributed by atoms with Gasteiger partial charge in [0.15, 0.2) is 0 Å². The Labute approximate surface area is 90.6 Å². The van der Waals surface area contributed by atoms with E-state index in [-0.39, 0.29) is 12.2 Å². The van der Waals surface area contributed by atoms with E-state index in [4.69, 9.17) is 15.6 Å². The Balaban J connectivity index is 3.25. The molecule has 88 valence electrons. The van der Waals surface area contributed by atoms with Gasteiger partial charge in [-0.3, -0.25) is 4.79 Å². The fourth-order valence-electron chi connectivity index (χ4n) is 1.29. The van der Waals surface area contributed by atoms with E-state index in [9.17, 15) is 13.6 Å². The van der Waals surface area contributed by atoms with Crippen molar-refractivity contribution in [2.24, 2.45) is 5.73 Å². The minimum atomic E-state index is -1.73. The lowest BCUT2D eigenvalue weighted by Crippen LogP contribution is -2.24. The quantitative estimate of drug-likeness (QED) is 0.816. The van der Waals surface area contributed by atoms with Crippen molar-refractivity contribution in [1.82, 2.24) is 0 Å². The monoisotopic (exact) mass is 231 g/mol. The van der Waals surface area contributed by atoms with Crippen molar-refractivity contribution < 1.29 is 23.4 Å². The molecule has 0 saturated carbocycles.